The Labute approximate surface area is 76.0 Å². The van der Waals surface area contributed by atoms with Crippen LogP contribution in [0.1, 0.15) is 12.0 Å². The zero-order chi connectivity index (χ0) is 8.67. The molecule has 0 radical (unpaired) electrons. The minimum Gasteiger partial charge on any atom is -0.454 e. The van der Waals surface area contributed by atoms with Crippen LogP contribution in [0.3, 0.4) is 0 Å². The molecule has 0 unspecified atom stereocenters. The standard InChI is InChI=1S/C10H9NO2/c1-2-7-4-9-10(13-6-12-9)5-8(7)11-3-1/h3-5H,1-2,6H2. The van der Waals surface area contributed by atoms with Crippen LogP contribution in [0.15, 0.2) is 17.1 Å². The lowest BCUT2D eigenvalue weighted by molar-refractivity contribution is 0.174. The summed E-state index contributed by atoms with van der Waals surface area (Å²) in [5, 5.41) is 0. The van der Waals surface area contributed by atoms with Crippen molar-refractivity contribution in [1.82, 2.24) is 0 Å². The van der Waals surface area contributed by atoms with Crippen molar-refractivity contribution in [2.45, 2.75) is 12.8 Å². The number of aryl methyl sites for hydroxylation is 1. The Morgan fingerprint density at radius 3 is 2.92 bits per heavy atom. The normalized spacial score (nSPS) is 17.2. The molecule has 0 fully saturated rings. The van der Waals surface area contributed by atoms with E-state index in [0.29, 0.717) is 6.79 Å². The van der Waals surface area contributed by atoms with Crippen LogP contribution in [0, 0.1) is 0 Å². The van der Waals surface area contributed by atoms with E-state index in [2.05, 4.69) is 4.99 Å². The van der Waals surface area contributed by atoms with Gasteiger partial charge in [-0.25, -0.2) is 0 Å². The monoisotopic (exact) mass is 175 g/mol. The Morgan fingerprint density at radius 1 is 1.15 bits per heavy atom. The van der Waals surface area contributed by atoms with Crippen molar-refractivity contribution in [2.24, 2.45) is 4.99 Å². The van der Waals surface area contributed by atoms with Crippen LogP contribution < -0.4 is 9.47 Å². The highest BCUT2D eigenvalue weighted by molar-refractivity contribution is 5.71. The smallest absolute Gasteiger partial charge is 0.231 e. The second kappa shape index (κ2) is 2.49. The maximum Gasteiger partial charge on any atom is 0.231 e. The van der Waals surface area contributed by atoms with Crippen LogP contribution >= 0.6 is 0 Å². The van der Waals surface area contributed by atoms with Crippen LogP contribution in [-0.2, 0) is 6.42 Å². The third-order valence-electron chi connectivity index (χ3n) is 2.35. The van der Waals surface area contributed by atoms with E-state index in [1.807, 2.05) is 18.3 Å². The van der Waals surface area contributed by atoms with E-state index in [-0.39, 0.29) is 0 Å². The average Bonchev–Trinajstić information content (AvgIpc) is 2.61. The zero-order valence-electron chi connectivity index (χ0n) is 7.12. The first-order valence-corrected chi connectivity index (χ1v) is 4.38. The van der Waals surface area contributed by atoms with Gasteiger partial charge < -0.3 is 9.47 Å². The average molecular weight is 175 g/mol. The summed E-state index contributed by atoms with van der Waals surface area (Å²) in [5.74, 6) is 1.67. The molecule has 1 aromatic carbocycles. The molecule has 0 atom stereocenters. The summed E-state index contributed by atoms with van der Waals surface area (Å²) in [7, 11) is 0. The fourth-order valence-electron chi connectivity index (χ4n) is 1.68. The Kier molecular flexibility index (Phi) is 1.33. The van der Waals surface area contributed by atoms with Gasteiger partial charge in [0.2, 0.25) is 6.79 Å². The van der Waals surface area contributed by atoms with Gasteiger partial charge in [-0.3, -0.25) is 4.99 Å². The van der Waals surface area contributed by atoms with Gasteiger partial charge in [-0.05, 0) is 24.5 Å². The van der Waals surface area contributed by atoms with Gasteiger partial charge >= 0.3 is 0 Å². The molecule has 0 bridgehead atoms. The van der Waals surface area contributed by atoms with Gasteiger partial charge in [0, 0.05) is 12.3 Å². The van der Waals surface area contributed by atoms with Gasteiger partial charge in [0.1, 0.15) is 0 Å². The van der Waals surface area contributed by atoms with Crippen LogP contribution in [0.5, 0.6) is 11.5 Å². The summed E-state index contributed by atoms with van der Waals surface area (Å²) in [6.45, 7) is 0.335. The molecule has 0 aliphatic carbocycles. The summed E-state index contributed by atoms with van der Waals surface area (Å²) < 4.78 is 10.6. The Morgan fingerprint density at radius 2 is 2.00 bits per heavy atom. The molecule has 3 rings (SSSR count). The lowest BCUT2D eigenvalue weighted by Crippen LogP contribution is -1.93. The van der Waals surface area contributed by atoms with Gasteiger partial charge in [-0.2, -0.15) is 0 Å². The molecule has 0 amide bonds. The molecule has 3 nitrogen and oxygen atoms in total. The minimum atomic E-state index is 0.335. The summed E-state index contributed by atoms with van der Waals surface area (Å²) in [6, 6.07) is 3.99. The fourth-order valence-corrected chi connectivity index (χ4v) is 1.68. The summed E-state index contributed by atoms with van der Waals surface area (Å²) in [6.07, 6.45) is 4.02. The molecule has 0 spiro atoms. The molecule has 2 aliphatic rings. The zero-order valence-corrected chi connectivity index (χ0v) is 7.12. The quantitative estimate of drug-likeness (QED) is 0.604. The molecule has 2 aliphatic heterocycles. The SMILES string of the molecule is C1=Nc2cc3c(cc2CC1)OCO3. The third kappa shape index (κ3) is 1.00. The molecule has 0 saturated heterocycles. The Bertz CT molecular complexity index is 385. The number of nitrogens with zero attached hydrogens (tertiary/aromatic N) is 1. The van der Waals surface area contributed by atoms with Crippen molar-refractivity contribution >= 4 is 11.9 Å². The molecule has 3 heteroatoms. The van der Waals surface area contributed by atoms with E-state index in [4.69, 9.17) is 9.47 Å². The highest BCUT2D eigenvalue weighted by Gasteiger charge is 2.17. The van der Waals surface area contributed by atoms with Crippen molar-refractivity contribution in [2.75, 3.05) is 6.79 Å². The maximum absolute atomic E-state index is 5.29. The van der Waals surface area contributed by atoms with E-state index < -0.39 is 0 Å². The van der Waals surface area contributed by atoms with Crippen molar-refractivity contribution in [3.05, 3.63) is 17.7 Å². The first kappa shape index (κ1) is 6.95. The maximum atomic E-state index is 5.29. The first-order chi connectivity index (χ1) is 6.43. The number of rotatable bonds is 0. The van der Waals surface area contributed by atoms with Crippen molar-refractivity contribution in [1.29, 1.82) is 0 Å². The van der Waals surface area contributed by atoms with Crippen LogP contribution in [0.2, 0.25) is 0 Å². The molecule has 13 heavy (non-hydrogen) atoms. The fraction of sp³-hybridized carbons (Fsp3) is 0.300. The third-order valence-corrected chi connectivity index (χ3v) is 2.35. The van der Waals surface area contributed by atoms with Gasteiger partial charge in [0.25, 0.3) is 0 Å². The molecule has 2 heterocycles. The number of hydrogen-bond acceptors (Lipinski definition) is 3. The first-order valence-electron chi connectivity index (χ1n) is 4.38. The second-order valence-corrected chi connectivity index (χ2v) is 3.18. The summed E-state index contributed by atoms with van der Waals surface area (Å²) in [4.78, 5) is 4.31. The van der Waals surface area contributed by atoms with Crippen molar-refractivity contribution in [3.63, 3.8) is 0 Å². The number of fused-ring (bicyclic) bond motifs is 2. The molecular formula is C10H9NO2. The molecule has 0 saturated carbocycles. The van der Waals surface area contributed by atoms with Crippen molar-refractivity contribution in [3.8, 4) is 11.5 Å². The molecule has 0 aromatic heterocycles. The predicted molar refractivity (Wildman–Crippen MR) is 49.0 cm³/mol. The number of aliphatic imine (C=N–C) groups is 1. The van der Waals surface area contributed by atoms with Crippen LogP contribution in [0.4, 0.5) is 5.69 Å². The topological polar surface area (TPSA) is 30.8 Å². The lowest BCUT2D eigenvalue weighted by Gasteiger charge is -2.09. The molecule has 1 aromatic rings. The predicted octanol–water partition coefficient (Wildman–Crippen LogP) is 2.06. The molecule has 0 N–H and O–H groups in total. The molecule has 66 valence electrons. The van der Waals surface area contributed by atoms with Gasteiger partial charge in [-0.1, -0.05) is 0 Å². The molecular weight excluding hydrogens is 166 g/mol. The lowest BCUT2D eigenvalue weighted by atomic mass is 10.0. The van der Waals surface area contributed by atoms with Crippen LogP contribution in [-0.4, -0.2) is 13.0 Å². The van der Waals surface area contributed by atoms with E-state index in [1.54, 1.807) is 0 Å². The van der Waals surface area contributed by atoms with E-state index >= 15 is 0 Å². The van der Waals surface area contributed by atoms with E-state index in [9.17, 15) is 0 Å². The Hall–Kier alpha value is -1.51. The van der Waals surface area contributed by atoms with Crippen LogP contribution in [0.25, 0.3) is 0 Å². The second-order valence-electron chi connectivity index (χ2n) is 3.18. The Balaban J connectivity index is 2.18. The number of benzene rings is 1. The largest absolute Gasteiger partial charge is 0.454 e. The van der Waals surface area contributed by atoms with E-state index in [0.717, 1.165) is 30.0 Å². The summed E-state index contributed by atoms with van der Waals surface area (Å²) in [5.41, 5.74) is 2.28. The number of ether oxygens (including phenoxy) is 2. The van der Waals surface area contributed by atoms with E-state index in [1.165, 1.54) is 5.56 Å². The summed E-state index contributed by atoms with van der Waals surface area (Å²) >= 11 is 0. The van der Waals surface area contributed by atoms with Crippen molar-refractivity contribution < 1.29 is 9.47 Å². The van der Waals surface area contributed by atoms with Gasteiger partial charge in [0.15, 0.2) is 11.5 Å². The highest BCUT2D eigenvalue weighted by atomic mass is 16.7. The number of hydrogen-bond donors (Lipinski definition) is 0. The van der Waals surface area contributed by atoms with Gasteiger partial charge in [-0.15, -0.1) is 0 Å². The minimum absolute atomic E-state index is 0.335. The van der Waals surface area contributed by atoms with Gasteiger partial charge in [0.05, 0.1) is 5.69 Å². The highest BCUT2D eigenvalue weighted by Crippen LogP contribution is 2.39.